The number of aliphatic carboxylic acids is 1. The predicted octanol–water partition coefficient (Wildman–Crippen LogP) is 3.63. The molecule has 0 aliphatic rings. The molecule has 1 aromatic heterocycles. The van der Waals surface area contributed by atoms with Gasteiger partial charge in [-0.25, -0.2) is 18.4 Å². The molecule has 0 unspecified atom stereocenters. The maximum absolute atomic E-state index is 13.4. The van der Waals surface area contributed by atoms with E-state index >= 15 is 0 Å². The predicted molar refractivity (Wildman–Crippen MR) is 113 cm³/mol. The van der Waals surface area contributed by atoms with E-state index in [0.29, 0.717) is 30.7 Å². The number of hydrogen-bond donors (Lipinski definition) is 3. The van der Waals surface area contributed by atoms with Gasteiger partial charge in [0.05, 0.1) is 12.2 Å². The first-order valence-electron chi connectivity index (χ1n) is 10.0. The van der Waals surface area contributed by atoms with E-state index in [-0.39, 0.29) is 18.0 Å². The van der Waals surface area contributed by atoms with Gasteiger partial charge < -0.3 is 19.9 Å². The first kappa shape index (κ1) is 23.1. The van der Waals surface area contributed by atoms with Gasteiger partial charge in [0, 0.05) is 6.07 Å². The van der Waals surface area contributed by atoms with Crippen LogP contribution in [0, 0.1) is 11.6 Å². The summed E-state index contributed by atoms with van der Waals surface area (Å²) in [7, 11) is 0. The van der Waals surface area contributed by atoms with E-state index < -0.39 is 28.9 Å². The summed E-state index contributed by atoms with van der Waals surface area (Å²) in [6.45, 7) is 2.77. The van der Waals surface area contributed by atoms with Crippen LogP contribution < -0.4 is 10.4 Å². The molecule has 0 radical (unpaired) electrons. The Labute approximate surface area is 182 Å². The van der Waals surface area contributed by atoms with Crippen molar-refractivity contribution in [1.29, 1.82) is 0 Å². The van der Waals surface area contributed by atoms with Crippen LogP contribution in [-0.4, -0.2) is 31.3 Å². The van der Waals surface area contributed by atoms with Crippen LogP contribution in [0.4, 0.5) is 8.78 Å². The summed E-state index contributed by atoms with van der Waals surface area (Å²) in [6.07, 6.45) is 1.64. The first-order valence-corrected chi connectivity index (χ1v) is 10.0. The number of carboxylic acid groups (broad SMARTS) is 1. The number of rotatable bonds is 9. The molecule has 170 valence electrons. The van der Waals surface area contributed by atoms with Crippen molar-refractivity contribution in [3.63, 3.8) is 0 Å². The highest BCUT2D eigenvalue weighted by atomic mass is 19.1. The second-order valence-corrected chi connectivity index (χ2v) is 8.01. The van der Waals surface area contributed by atoms with E-state index in [1.165, 1.54) is 13.8 Å². The Hall–Kier alpha value is -3.62. The third-order valence-electron chi connectivity index (χ3n) is 5.00. The number of H-pyrrole nitrogens is 1. The quantitative estimate of drug-likeness (QED) is 0.466. The van der Waals surface area contributed by atoms with Crippen LogP contribution >= 0.6 is 0 Å². The van der Waals surface area contributed by atoms with Crippen molar-refractivity contribution in [2.75, 3.05) is 0 Å². The normalized spacial score (nSPS) is 11.5. The van der Waals surface area contributed by atoms with Gasteiger partial charge in [0.1, 0.15) is 17.4 Å². The SMILES string of the molecule is CC(C)(Oc1ccc(CCCc2[nH]c(=O)n(Cc3cc(F)cc(F)c3)c2O)cc1)C(=O)O. The van der Waals surface area contributed by atoms with E-state index in [4.69, 9.17) is 9.84 Å². The highest BCUT2D eigenvalue weighted by Crippen LogP contribution is 2.21. The van der Waals surface area contributed by atoms with Gasteiger partial charge in [0.15, 0.2) is 5.60 Å². The Morgan fingerprint density at radius 2 is 1.69 bits per heavy atom. The molecule has 2 aromatic carbocycles. The minimum Gasteiger partial charge on any atom is -0.493 e. The van der Waals surface area contributed by atoms with Crippen LogP contribution in [0.3, 0.4) is 0 Å². The molecule has 7 nitrogen and oxygen atoms in total. The number of aromatic nitrogens is 2. The van der Waals surface area contributed by atoms with Gasteiger partial charge in [-0.05, 0) is 68.5 Å². The van der Waals surface area contributed by atoms with E-state index in [1.54, 1.807) is 12.1 Å². The zero-order valence-electron chi connectivity index (χ0n) is 17.7. The van der Waals surface area contributed by atoms with E-state index in [9.17, 15) is 23.5 Å². The minimum atomic E-state index is -1.34. The maximum Gasteiger partial charge on any atom is 0.347 e. The van der Waals surface area contributed by atoms with Gasteiger partial charge in [-0.1, -0.05) is 12.1 Å². The minimum absolute atomic E-state index is 0.163. The number of carboxylic acids is 1. The monoisotopic (exact) mass is 446 g/mol. The molecular weight excluding hydrogens is 422 g/mol. The summed E-state index contributed by atoms with van der Waals surface area (Å²) in [5.41, 5.74) is -0.365. The highest BCUT2D eigenvalue weighted by Gasteiger charge is 2.29. The molecule has 0 aliphatic heterocycles. The summed E-state index contributed by atoms with van der Waals surface area (Å²) in [4.78, 5) is 25.9. The topological polar surface area (TPSA) is 105 Å². The van der Waals surface area contributed by atoms with Crippen molar-refractivity contribution in [2.24, 2.45) is 0 Å². The highest BCUT2D eigenvalue weighted by molar-refractivity contribution is 5.76. The number of nitrogens with one attached hydrogen (secondary N) is 1. The summed E-state index contributed by atoms with van der Waals surface area (Å²) < 4.78 is 33.2. The second kappa shape index (κ2) is 9.25. The molecule has 0 fully saturated rings. The molecule has 9 heteroatoms. The van der Waals surface area contributed by atoms with Gasteiger partial charge >= 0.3 is 11.7 Å². The molecule has 0 aliphatic carbocycles. The standard InChI is InChI=1S/C23H24F2N2O5/c1-23(2,21(29)30)32-18-8-6-14(7-9-18)4-3-5-19-20(28)27(22(31)26-19)13-15-10-16(24)12-17(25)11-15/h6-12,28H,3-5,13H2,1-2H3,(H,26,31)(H,29,30). The zero-order valence-corrected chi connectivity index (χ0v) is 17.7. The molecule has 3 rings (SSSR count). The number of nitrogens with zero attached hydrogens (tertiary/aromatic N) is 1. The Kier molecular flexibility index (Phi) is 6.67. The van der Waals surface area contributed by atoms with Crippen molar-refractivity contribution < 1.29 is 28.5 Å². The number of aromatic hydroxyl groups is 1. The van der Waals surface area contributed by atoms with Crippen molar-refractivity contribution in [1.82, 2.24) is 9.55 Å². The number of halogens is 2. The molecule has 32 heavy (non-hydrogen) atoms. The Bertz CT molecular complexity index is 1150. The van der Waals surface area contributed by atoms with Gasteiger partial charge in [0.2, 0.25) is 5.88 Å². The fourth-order valence-corrected chi connectivity index (χ4v) is 3.25. The molecule has 0 amide bonds. The van der Waals surface area contributed by atoms with Crippen LogP contribution in [-0.2, 0) is 24.2 Å². The van der Waals surface area contributed by atoms with Crippen LogP contribution in [0.5, 0.6) is 11.6 Å². The Morgan fingerprint density at radius 1 is 1.06 bits per heavy atom. The number of ether oxygens (including phenoxy) is 1. The van der Waals surface area contributed by atoms with Crippen molar-refractivity contribution >= 4 is 5.97 Å². The van der Waals surface area contributed by atoms with Crippen LogP contribution in [0.1, 0.15) is 37.1 Å². The molecule has 3 aromatic rings. The molecular formula is C23H24F2N2O5. The fraction of sp³-hybridized carbons (Fsp3) is 0.304. The van der Waals surface area contributed by atoms with Crippen molar-refractivity contribution in [2.45, 2.75) is 45.3 Å². The Morgan fingerprint density at radius 3 is 2.28 bits per heavy atom. The lowest BCUT2D eigenvalue weighted by Crippen LogP contribution is -2.37. The smallest absolute Gasteiger partial charge is 0.347 e. The van der Waals surface area contributed by atoms with E-state index in [1.807, 2.05) is 12.1 Å². The van der Waals surface area contributed by atoms with Crippen LogP contribution in [0.2, 0.25) is 0 Å². The summed E-state index contributed by atoms with van der Waals surface area (Å²) in [6, 6.07) is 9.96. The number of benzene rings is 2. The molecule has 3 N–H and O–H groups in total. The Balaban J connectivity index is 1.60. The summed E-state index contributed by atoms with van der Waals surface area (Å²) in [5, 5.41) is 19.5. The number of carbonyl (C=O) groups is 1. The largest absolute Gasteiger partial charge is 0.493 e. The molecule has 0 saturated carbocycles. The zero-order chi connectivity index (χ0) is 23.5. The average molecular weight is 446 g/mol. The summed E-state index contributed by atoms with van der Waals surface area (Å²) in [5.74, 6) is -2.41. The third-order valence-corrected chi connectivity index (χ3v) is 5.00. The number of aryl methyl sites for hydroxylation is 2. The molecule has 0 saturated heterocycles. The number of hydrogen-bond acceptors (Lipinski definition) is 4. The molecule has 0 spiro atoms. The summed E-state index contributed by atoms with van der Waals surface area (Å²) >= 11 is 0. The number of aromatic amines is 1. The maximum atomic E-state index is 13.4. The van der Waals surface area contributed by atoms with E-state index in [0.717, 1.165) is 28.3 Å². The van der Waals surface area contributed by atoms with E-state index in [2.05, 4.69) is 4.98 Å². The molecule has 0 atom stereocenters. The lowest BCUT2D eigenvalue weighted by Gasteiger charge is -2.21. The van der Waals surface area contributed by atoms with Gasteiger partial charge in [0.25, 0.3) is 0 Å². The van der Waals surface area contributed by atoms with Crippen molar-refractivity contribution in [3.8, 4) is 11.6 Å². The second-order valence-electron chi connectivity index (χ2n) is 8.01. The number of imidazole rings is 1. The van der Waals surface area contributed by atoms with Gasteiger partial charge in [-0.3, -0.25) is 4.57 Å². The van der Waals surface area contributed by atoms with Crippen LogP contribution in [0.15, 0.2) is 47.3 Å². The fourth-order valence-electron chi connectivity index (χ4n) is 3.25. The van der Waals surface area contributed by atoms with Crippen molar-refractivity contribution in [3.05, 3.63) is 81.4 Å². The van der Waals surface area contributed by atoms with Gasteiger partial charge in [-0.15, -0.1) is 0 Å². The third kappa shape index (κ3) is 5.54. The van der Waals surface area contributed by atoms with Gasteiger partial charge in [-0.2, -0.15) is 0 Å². The molecule has 1 heterocycles. The van der Waals surface area contributed by atoms with Crippen LogP contribution in [0.25, 0.3) is 0 Å². The average Bonchev–Trinajstić information content (AvgIpc) is 2.96. The lowest BCUT2D eigenvalue weighted by molar-refractivity contribution is -0.152. The first-order chi connectivity index (χ1) is 15.0. The lowest BCUT2D eigenvalue weighted by atomic mass is 10.1. The molecule has 0 bridgehead atoms.